The average Bonchev–Trinajstić information content (AvgIpc) is 3.44. The summed E-state index contributed by atoms with van der Waals surface area (Å²) in [6.45, 7) is 4.90. The summed E-state index contributed by atoms with van der Waals surface area (Å²) in [5, 5.41) is 13.1. The number of fused-ring (bicyclic) bond motifs is 2. The average molecular weight is 519 g/mol. The highest BCUT2D eigenvalue weighted by Crippen LogP contribution is 2.38. The molecule has 2 N–H and O–H groups in total. The summed E-state index contributed by atoms with van der Waals surface area (Å²) in [4.78, 5) is 14.1. The van der Waals surface area contributed by atoms with Crippen LogP contribution in [0.15, 0.2) is 41.1 Å². The largest absolute Gasteiger partial charge is 0.494 e. The van der Waals surface area contributed by atoms with Crippen molar-refractivity contribution in [3.8, 4) is 11.5 Å². The maximum Gasteiger partial charge on any atom is 0.437 e. The summed E-state index contributed by atoms with van der Waals surface area (Å²) < 4.78 is 56.5. The topological polar surface area (TPSA) is 97.6 Å². The zero-order valence-electron chi connectivity index (χ0n) is 20.7. The van der Waals surface area contributed by atoms with Crippen molar-refractivity contribution < 1.29 is 37.1 Å². The zero-order chi connectivity index (χ0) is 26.6. The number of nitrogens with zero attached hydrogens (tertiary/aromatic N) is 1. The Kier molecular flexibility index (Phi) is 7.94. The molecule has 198 valence electrons. The molecule has 0 spiro atoms. The minimum Gasteiger partial charge on any atom is -0.494 e. The van der Waals surface area contributed by atoms with E-state index < -0.39 is 17.8 Å². The van der Waals surface area contributed by atoms with Crippen LogP contribution in [0.4, 0.5) is 13.2 Å². The number of aromatic amines is 1. The van der Waals surface area contributed by atoms with Gasteiger partial charge in [-0.1, -0.05) is 25.4 Å². The van der Waals surface area contributed by atoms with Crippen molar-refractivity contribution in [2.24, 2.45) is 5.92 Å². The number of hydrogen-bond donors (Lipinski definition) is 2. The van der Waals surface area contributed by atoms with Crippen LogP contribution in [0.2, 0.25) is 0 Å². The summed E-state index contributed by atoms with van der Waals surface area (Å²) in [6.07, 6.45) is -0.201. The van der Waals surface area contributed by atoms with Gasteiger partial charge in [0.1, 0.15) is 11.5 Å². The number of carboxylic acids is 1. The van der Waals surface area contributed by atoms with E-state index in [1.807, 2.05) is 25.1 Å². The predicted octanol–water partition coefficient (Wildman–Crippen LogP) is 6.78. The first kappa shape index (κ1) is 26.4. The molecule has 2 heterocycles. The molecular weight excluding hydrogens is 489 g/mol. The van der Waals surface area contributed by atoms with Crippen LogP contribution >= 0.6 is 0 Å². The van der Waals surface area contributed by atoms with Crippen LogP contribution in [0, 0.1) is 5.92 Å². The third-order valence-electron chi connectivity index (χ3n) is 6.30. The third kappa shape index (κ3) is 6.18. The van der Waals surface area contributed by atoms with Gasteiger partial charge in [0.2, 0.25) is 0 Å². The van der Waals surface area contributed by atoms with Gasteiger partial charge in [-0.15, -0.1) is 0 Å². The van der Waals surface area contributed by atoms with Crippen molar-refractivity contribution in [2.75, 3.05) is 13.2 Å². The molecule has 0 saturated carbocycles. The molecule has 0 aliphatic heterocycles. The molecule has 10 heteroatoms. The number of hydrogen-bond acceptors (Lipinski definition) is 5. The Morgan fingerprint density at radius 2 is 1.89 bits per heavy atom. The smallest absolute Gasteiger partial charge is 0.437 e. The molecule has 0 saturated heterocycles. The van der Waals surface area contributed by atoms with Gasteiger partial charge < -0.3 is 24.1 Å². The highest BCUT2D eigenvalue weighted by Gasteiger charge is 2.37. The molecule has 0 amide bonds. The summed E-state index contributed by atoms with van der Waals surface area (Å²) in [7, 11) is 0. The van der Waals surface area contributed by atoms with Crippen LogP contribution in [-0.2, 0) is 23.8 Å². The fourth-order valence-corrected chi connectivity index (χ4v) is 4.32. The molecule has 1 atom stereocenters. The summed E-state index contributed by atoms with van der Waals surface area (Å²) in [5.41, 5.74) is 1.27. The molecule has 1 unspecified atom stereocenters. The molecule has 7 nitrogen and oxygen atoms in total. The molecule has 0 bridgehead atoms. The molecule has 2 aromatic heterocycles. The van der Waals surface area contributed by atoms with E-state index in [0.29, 0.717) is 42.3 Å². The number of benzene rings is 2. The van der Waals surface area contributed by atoms with Gasteiger partial charge in [0.25, 0.3) is 0 Å². The minimum atomic E-state index is -4.58. The quantitative estimate of drug-likeness (QED) is 0.215. The number of carbonyl (C=O) groups is 1. The molecule has 4 aromatic rings. The van der Waals surface area contributed by atoms with Crippen molar-refractivity contribution in [2.45, 2.75) is 52.1 Å². The number of aryl methyl sites for hydroxylation is 1. The maximum absolute atomic E-state index is 13.2. The number of aromatic nitrogens is 2. The standard InChI is InChI=1S/C27H29F3N2O5/c1-3-4-19-23(8-6-20-25(19)37-32-26(20)27(28,29)30)36-12-10-16(2)9-11-35-18-5-7-22-21(14-18)17(15-31-22)13-24(33)34/h5-8,14-16,31H,3-4,9-13H2,1-2H3,(H,33,34). The predicted molar refractivity (Wildman–Crippen MR) is 132 cm³/mol. The Labute approximate surface area is 211 Å². The normalized spacial score (nSPS) is 12.8. The maximum atomic E-state index is 13.2. The number of halogens is 3. The molecule has 2 aromatic carbocycles. The first-order chi connectivity index (χ1) is 17.7. The first-order valence-corrected chi connectivity index (χ1v) is 12.2. The Morgan fingerprint density at radius 3 is 2.59 bits per heavy atom. The van der Waals surface area contributed by atoms with Gasteiger partial charge in [0, 0.05) is 22.7 Å². The van der Waals surface area contributed by atoms with E-state index in [4.69, 9.17) is 19.1 Å². The van der Waals surface area contributed by atoms with Crippen molar-refractivity contribution in [1.29, 1.82) is 0 Å². The molecule has 0 aliphatic carbocycles. The summed E-state index contributed by atoms with van der Waals surface area (Å²) in [5.74, 6) is 0.570. The lowest BCUT2D eigenvalue weighted by Crippen LogP contribution is -2.09. The fraction of sp³-hybridized carbons (Fsp3) is 0.407. The SMILES string of the molecule is CCCc1c(OCCC(C)CCOc2ccc3[nH]cc(CC(=O)O)c3c2)ccc2c(C(F)(F)F)noc12. The van der Waals surface area contributed by atoms with E-state index in [2.05, 4.69) is 17.1 Å². The van der Waals surface area contributed by atoms with Crippen molar-refractivity contribution in [3.05, 3.63) is 53.3 Å². The van der Waals surface area contributed by atoms with Gasteiger partial charge in [-0.25, -0.2) is 0 Å². The number of H-pyrrole nitrogens is 1. The van der Waals surface area contributed by atoms with Crippen LogP contribution in [0.3, 0.4) is 0 Å². The van der Waals surface area contributed by atoms with Gasteiger partial charge in [-0.3, -0.25) is 4.79 Å². The Bertz CT molecular complexity index is 1380. The molecule has 0 fully saturated rings. The van der Waals surface area contributed by atoms with Crippen LogP contribution in [-0.4, -0.2) is 34.4 Å². The van der Waals surface area contributed by atoms with Crippen LogP contribution in [0.1, 0.15) is 49.9 Å². The van der Waals surface area contributed by atoms with E-state index in [1.165, 1.54) is 6.07 Å². The van der Waals surface area contributed by atoms with Crippen LogP contribution in [0.5, 0.6) is 11.5 Å². The second kappa shape index (κ2) is 11.1. The fourth-order valence-electron chi connectivity index (χ4n) is 4.32. The highest BCUT2D eigenvalue weighted by molar-refractivity contribution is 5.88. The van der Waals surface area contributed by atoms with E-state index in [-0.39, 0.29) is 23.3 Å². The number of carboxylic acid groups (broad SMARTS) is 1. The van der Waals surface area contributed by atoms with E-state index in [0.717, 1.165) is 30.2 Å². The third-order valence-corrected chi connectivity index (χ3v) is 6.30. The van der Waals surface area contributed by atoms with E-state index in [9.17, 15) is 18.0 Å². The monoisotopic (exact) mass is 518 g/mol. The Morgan fingerprint density at radius 1 is 1.14 bits per heavy atom. The van der Waals surface area contributed by atoms with E-state index >= 15 is 0 Å². The zero-order valence-corrected chi connectivity index (χ0v) is 20.7. The molecule has 37 heavy (non-hydrogen) atoms. The Balaban J connectivity index is 1.31. The van der Waals surface area contributed by atoms with Gasteiger partial charge >= 0.3 is 12.1 Å². The lowest BCUT2D eigenvalue weighted by atomic mass is 10.0. The van der Waals surface area contributed by atoms with E-state index in [1.54, 1.807) is 12.3 Å². The molecule has 0 radical (unpaired) electrons. The van der Waals surface area contributed by atoms with Crippen molar-refractivity contribution >= 4 is 27.8 Å². The van der Waals surface area contributed by atoms with Crippen LogP contribution < -0.4 is 9.47 Å². The number of ether oxygens (including phenoxy) is 2. The van der Waals surface area contributed by atoms with Crippen molar-refractivity contribution in [1.82, 2.24) is 10.1 Å². The summed E-state index contributed by atoms with van der Waals surface area (Å²) >= 11 is 0. The highest BCUT2D eigenvalue weighted by atomic mass is 19.4. The number of aliphatic carboxylic acids is 1. The van der Waals surface area contributed by atoms with Gasteiger partial charge in [0.15, 0.2) is 11.3 Å². The summed E-state index contributed by atoms with van der Waals surface area (Å²) in [6, 6.07) is 8.46. The lowest BCUT2D eigenvalue weighted by molar-refractivity contribution is -0.141. The van der Waals surface area contributed by atoms with Crippen molar-refractivity contribution in [3.63, 3.8) is 0 Å². The molecular formula is C27H29F3N2O5. The number of nitrogens with one attached hydrogen (secondary N) is 1. The van der Waals surface area contributed by atoms with Gasteiger partial charge in [-0.2, -0.15) is 13.2 Å². The lowest BCUT2D eigenvalue weighted by Gasteiger charge is -2.15. The van der Waals surface area contributed by atoms with Gasteiger partial charge in [0.05, 0.1) is 25.0 Å². The molecule has 0 aliphatic rings. The first-order valence-electron chi connectivity index (χ1n) is 12.2. The number of rotatable bonds is 12. The van der Waals surface area contributed by atoms with Crippen LogP contribution in [0.25, 0.3) is 21.9 Å². The molecule has 4 rings (SSSR count). The Hall–Kier alpha value is -3.69. The second-order valence-electron chi connectivity index (χ2n) is 9.17. The van der Waals surface area contributed by atoms with Gasteiger partial charge in [-0.05, 0) is 61.1 Å². The number of alkyl halides is 3. The minimum absolute atomic E-state index is 0.0540. The second-order valence-corrected chi connectivity index (χ2v) is 9.17.